The van der Waals surface area contributed by atoms with E-state index in [9.17, 15) is 8.42 Å². The van der Waals surface area contributed by atoms with Crippen LogP contribution < -0.4 is 4.72 Å². The van der Waals surface area contributed by atoms with Crippen molar-refractivity contribution < 1.29 is 12.8 Å². The zero-order valence-corrected chi connectivity index (χ0v) is 16.4. The lowest BCUT2D eigenvalue weighted by molar-refractivity contribution is 0.427. The van der Waals surface area contributed by atoms with Gasteiger partial charge in [-0.2, -0.15) is 0 Å². The molecule has 1 heterocycles. The molecular formula is C23H21NO3S. The van der Waals surface area contributed by atoms with Gasteiger partial charge in [0.05, 0.1) is 10.6 Å². The second-order valence-electron chi connectivity index (χ2n) is 7.62. The molecule has 3 aromatic carbocycles. The van der Waals surface area contributed by atoms with Gasteiger partial charge in [-0.25, -0.2) is 8.42 Å². The van der Waals surface area contributed by atoms with Crippen molar-refractivity contribution in [3.8, 4) is 0 Å². The van der Waals surface area contributed by atoms with Crippen LogP contribution in [0.4, 0.5) is 5.69 Å². The number of benzene rings is 3. The van der Waals surface area contributed by atoms with E-state index in [1.807, 2.05) is 36.4 Å². The van der Waals surface area contributed by atoms with Gasteiger partial charge in [0.15, 0.2) is 0 Å². The topological polar surface area (TPSA) is 59.3 Å². The molecule has 1 aliphatic rings. The highest BCUT2D eigenvalue weighted by molar-refractivity contribution is 7.92. The minimum absolute atomic E-state index is 0.252. The van der Waals surface area contributed by atoms with Gasteiger partial charge in [0.25, 0.3) is 10.0 Å². The van der Waals surface area contributed by atoms with Crippen molar-refractivity contribution in [3.05, 3.63) is 72.0 Å². The SMILES string of the molecule is C[C@@H]1CCc2c(oc3cc4ccccc4c(NS(=O)(=O)c4ccccc4)c23)C1. The molecule has 5 rings (SSSR count). The fraction of sp³-hybridized carbons (Fsp3) is 0.217. The zero-order valence-electron chi connectivity index (χ0n) is 15.6. The first-order valence-corrected chi connectivity index (χ1v) is 11.0. The van der Waals surface area contributed by atoms with Crippen LogP contribution >= 0.6 is 0 Å². The molecule has 0 unspecified atom stereocenters. The van der Waals surface area contributed by atoms with Gasteiger partial charge in [-0.15, -0.1) is 0 Å². The van der Waals surface area contributed by atoms with Gasteiger partial charge < -0.3 is 4.42 Å². The molecule has 0 spiro atoms. The monoisotopic (exact) mass is 391 g/mol. The molecule has 1 aliphatic carbocycles. The molecule has 0 aliphatic heterocycles. The first-order valence-electron chi connectivity index (χ1n) is 9.57. The summed E-state index contributed by atoms with van der Waals surface area (Å²) in [6.07, 6.45) is 2.88. The molecule has 0 fully saturated rings. The number of hydrogen-bond acceptors (Lipinski definition) is 3. The molecule has 0 amide bonds. The maximum atomic E-state index is 13.1. The smallest absolute Gasteiger partial charge is 0.261 e. The van der Waals surface area contributed by atoms with Gasteiger partial charge in [-0.3, -0.25) is 4.72 Å². The lowest BCUT2D eigenvalue weighted by Crippen LogP contribution is -2.14. The normalized spacial score (nSPS) is 17.0. The lowest BCUT2D eigenvalue weighted by Gasteiger charge is -2.18. The zero-order chi connectivity index (χ0) is 19.3. The van der Waals surface area contributed by atoms with Crippen molar-refractivity contribution in [2.45, 2.75) is 31.1 Å². The van der Waals surface area contributed by atoms with E-state index in [2.05, 4.69) is 11.6 Å². The van der Waals surface area contributed by atoms with Crippen LogP contribution in [0, 0.1) is 5.92 Å². The number of fused-ring (bicyclic) bond motifs is 4. The highest BCUT2D eigenvalue weighted by Gasteiger charge is 2.26. The Hall–Kier alpha value is -2.79. The third kappa shape index (κ3) is 2.78. The van der Waals surface area contributed by atoms with E-state index in [1.165, 1.54) is 0 Å². The summed E-state index contributed by atoms with van der Waals surface area (Å²) in [5.41, 5.74) is 2.52. The summed E-state index contributed by atoms with van der Waals surface area (Å²) in [5, 5.41) is 2.75. The van der Waals surface area contributed by atoms with Crippen LogP contribution in [0.5, 0.6) is 0 Å². The van der Waals surface area contributed by atoms with Gasteiger partial charge in [-0.05, 0) is 42.3 Å². The van der Waals surface area contributed by atoms with Crippen LogP contribution in [0.15, 0.2) is 70.0 Å². The minimum Gasteiger partial charge on any atom is -0.461 e. The number of sulfonamides is 1. The molecule has 142 valence electrons. The first kappa shape index (κ1) is 17.3. The third-order valence-corrected chi connectivity index (χ3v) is 6.96. The molecule has 5 heteroatoms. The molecule has 0 bridgehead atoms. The highest BCUT2D eigenvalue weighted by Crippen LogP contribution is 2.42. The maximum absolute atomic E-state index is 13.1. The summed E-state index contributed by atoms with van der Waals surface area (Å²) in [7, 11) is -3.70. The molecule has 0 saturated heterocycles. The summed E-state index contributed by atoms with van der Waals surface area (Å²) in [5.74, 6) is 1.57. The predicted octanol–water partition coefficient (Wildman–Crippen LogP) is 5.51. The Balaban J connectivity index is 1.78. The van der Waals surface area contributed by atoms with Crippen molar-refractivity contribution in [3.63, 3.8) is 0 Å². The second-order valence-corrected chi connectivity index (χ2v) is 9.30. The van der Waals surface area contributed by atoms with Crippen molar-refractivity contribution in [1.82, 2.24) is 0 Å². The van der Waals surface area contributed by atoms with Gasteiger partial charge in [0.2, 0.25) is 0 Å². The number of rotatable bonds is 3. The van der Waals surface area contributed by atoms with E-state index in [1.54, 1.807) is 24.3 Å². The summed E-state index contributed by atoms with van der Waals surface area (Å²) in [4.78, 5) is 0.252. The highest BCUT2D eigenvalue weighted by atomic mass is 32.2. The Bertz CT molecular complexity index is 1290. The van der Waals surface area contributed by atoms with Crippen molar-refractivity contribution in [2.75, 3.05) is 4.72 Å². The van der Waals surface area contributed by atoms with Crippen molar-refractivity contribution >= 4 is 37.5 Å². The molecule has 1 N–H and O–H groups in total. The summed E-state index contributed by atoms with van der Waals surface area (Å²) in [6.45, 7) is 2.23. The molecular weight excluding hydrogens is 370 g/mol. The van der Waals surface area contributed by atoms with Crippen LogP contribution in [0.2, 0.25) is 0 Å². The minimum atomic E-state index is -3.70. The summed E-state index contributed by atoms with van der Waals surface area (Å²) >= 11 is 0. The average molecular weight is 391 g/mol. The quantitative estimate of drug-likeness (QED) is 0.501. The summed E-state index contributed by atoms with van der Waals surface area (Å²) < 4.78 is 35.3. The van der Waals surface area contributed by atoms with Crippen LogP contribution in [0.25, 0.3) is 21.7 Å². The number of hydrogen-bond donors (Lipinski definition) is 1. The van der Waals surface area contributed by atoms with Gasteiger partial charge in [0, 0.05) is 22.8 Å². The second kappa shape index (κ2) is 6.38. The maximum Gasteiger partial charge on any atom is 0.261 e. The number of aryl methyl sites for hydroxylation is 1. The number of anilines is 1. The third-order valence-electron chi connectivity index (χ3n) is 5.60. The largest absolute Gasteiger partial charge is 0.461 e. The van der Waals surface area contributed by atoms with E-state index >= 15 is 0 Å². The molecule has 4 aromatic rings. The Labute approximate surface area is 164 Å². The fourth-order valence-corrected chi connectivity index (χ4v) is 5.29. The molecule has 4 nitrogen and oxygen atoms in total. The van der Waals surface area contributed by atoms with Gasteiger partial charge >= 0.3 is 0 Å². The van der Waals surface area contributed by atoms with E-state index in [4.69, 9.17) is 4.42 Å². The van der Waals surface area contributed by atoms with Crippen LogP contribution in [0.1, 0.15) is 24.7 Å². The fourth-order valence-electron chi connectivity index (χ4n) is 4.17. The summed E-state index contributed by atoms with van der Waals surface area (Å²) in [6, 6.07) is 18.3. The Morgan fingerprint density at radius 2 is 1.79 bits per heavy atom. The van der Waals surface area contributed by atoms with Crippen LogP contribution in [0.3, 0.4) is 0 Å². The number of nitrogens with one attached hydrogen (secondary N) is 1. The van der Waals surface area contributed by atoms with Crippen LogP contribution in [-0.4, -0.2) is 8.42 Å². The van der Waals surface area contributed by atoms with Crippen LogP contribution in [-0.2, 0) is 22.9 Å². The van der Waals surface area contributed by atoms with Gasteiger partial charge in [-0.1, -0.05) is 49.4 Å². The molecule has 1 aromatic heterocycles. The Morgan fingerprint density at radius 1 is 1.04 bits per heavy atom. The van der Waals surface area contributed by atoms with E-state index < -0.39 is 10.0 Å². The predicted molar refractivity (Wildman–Crippen MR) is 112 cm³/mol. The Kier molecular flexibility index (Phi) is 3.95. The average Bonchev–Trinajstić information content (AvgIpc) is 3.05. The van der Waals surface area contributed by atoms with Crippen molar-refractivity contribution in [2.24, 2.45) is 5.92 Å². The molecule has 28 heavy (non-hydrogen) atoms. The lowest BCUT2D eigenvalue weighted by atomic mass is 9.88. The van der Waals surface area contributed by atoms with Gasteiger partial charge in [0.1, 0.15) is 11.3 Å². The van der Waals surface area contributed by atoms with E-state index in [0.717, 1.165) is 52.3 Å². The van der Waals surface area contributed by atoms with Crippen molar-refractivity contribution in [1.29, 1.82) is 0 Å². The molecule has 0 saturated carbocycles. The Morgan fingerprint density at radius 3 is 2.61 bits per heavy atom. The number of furan rings is 1. The first-order chi connectivity index (χ1) is 13.5. The molecule has 0 radical (unpaired) electrons. The molecule has 1 atom stereocenters. The standard InChI is InChI=1S/C23H21NO3S/c1-15-11-12-19-20(13-15)27-21-14-16-7-5-6-10-18(16)23(22(19)21)24-28(25,26)17-8-3-2-4-9-17/h2-10,14-15,24H,11-13H2,1H3/t15-/m1/s1. The van der Waals surface area contributed by atoms with E-state index in [0.29, 0.717) is 11.6 Å². The van der Waals surface area contributed by atoms with E-state index in [-0.39, 0.29) is 4.90 Å².